The van der Waals surface area contributed by atoms with Crippen molar-refractivity contribution in [3.8, 4) is 0 Å². The number of carbonyl (C=O) groups is 1. The van der Waals surface area contributed by atoms with E-state index in [1.807, 2.05) is 65.6 Å². The van der Waals surface area contributed by atoms with Crippen LogP contribution in [-0.2, 0) is 22.6 Å². The summed E-state index contributed by atoms with van der Waals surface area (Å²) in [6, 6.07) is 19.7. The minimum atomic E-state index is -1.24. The van der Waals surface area contributed by atoms with E-state index in [1.165, 1.54) is 0 Å². The van der Waals surface area contributed by atoms with Gasteiger partial charge in [-0.25, -0.2) is 9.18 Å². The number of carboxylic acids is 1. The zero-order valence-electron chi connectivity index (χ0n) is 13.5. The van der Waals surface area contributed by atoms with Crippen LogP contribution in [-0.4, -0.2) is 41.9 Å². The summed E-state index contributed by atoms with van der Waals surface area (Å²) in [6.45, 7) is 0.734. The van der Waals surface area contributed by atoms with Gasteiger partial charge in [-0.3, -0.25) is 4.90 Å². The van der Waals surface area contributed by atoms with Crippen molar-refractivity contribution in [3.05, 3.63) is 71.8 Å². The highest BCUT2D eigenvalue weighted by atomic mass is 19.1. The van der Waals surface area contributed by atoms with Crippen LogP contribution < -0.4 is 0 Å². The third-order valence-corrected chi connectivity index (χ3v) is 3.48. The summed E-state index contributed by atoms with van der Waals surface area (Å²) in [4.78, 5) is 12.4. The van der Waals surface area contributed by atoms with Gasteiger partial charge in [-0.15, -0.1) is 0 Å². The van der Waals surface area contributed by atoms with E-state index in [9.17, 15) is 9.18 Å². The second kappa shape index (κ2) is 9.80. The quantitative estimate of drug-likeness (QED) is 0.727. The van der Waals surface area contributed by atoms with Gasteiger partial charge in [-0.1, -0.05) is 60.7 Å². The Morgan fingerprint density at radius 2 is 1.50 bits per heavy atom. The Bertz CT molecular complexity index is 565. The van der Waals surface area contributed by atoms with E-state index in [-0.39, 0.29) is 13.2 Å². The van der Waals surface area contributed by atoms with Crippen LogP contribution in [0.5, 0.6) is 0 Å². The lowest BCUT2D eigenvalue weighted by molar-refractivity contribution is -0.142. The van der Waals surface area contributed by atoms with E-state index in [0.717, 1.165) is 11.1 Å². The molecule has 1 atom stereocenters. The Morgan fingerprint density at radius 3 is 1.96 bits per heavy atom. The number of rotatable bonds is 10. The molecule has 0 spiro atoms. The predicted molar refractivity (Wildman–Crippen MR) is 90.3 cm³/mol. The molecule has 0 aliphatic carbocycles. The van der Waals surface area contributed by atoms with Crippen LogP contribution in [0.3, 0.4) is 0 Å². The summed E-state index contributed by atoms with van der Waals surface area (Å²) >= 11 is 0. The molecule has 0 saturated carbocycles. The van der Waals surface area contributed by atoms with Gasteiger partial charge in [0.1, 0.15) is 12.8 Å². The number of halogens is 1. The fourth-order valence-corrected chi connectivity index (χ4v) is 2.48. The molecule has 2 rings (SSSR count). The largest absolute Gasteiger partial charge is 0.480 e. The fraction of sp³-hybridized carbons (Fsp3) is 0.316. The van der Waals surface area contributed by atoms with Gasteiger partial charge in [0.15, 0.2) is 0 Å². The molecule has 0 aliphatic heterocycles. The number of ether oxygens (including phenoxy) is 1. The molecule has 0 amide bonds. The van der Waals surface area contributed by atoms with E-state index in [4.69, 9.17) is 9.84 Å². The van der Waals surface area contributed by atoms with Gasteiger partial charge in [-0.2, -0.15) is 0 Å². The number of alkyl halides is 1. The molecule has 0 heterocycles. The van der Waals surface area contributed by atoms with Crippen LogP contribution in [0.25, 0.3) is 0 Å². The van der Waals surface area contributed by atoms with Crippen molar-refractivity contribution in [2.75, 3.05) is 19.8 Å². The molecule has 0 radical (unpaired) electrons. The summed E-state index contributed by atoms with van der Waals surface area (Å²) in [5.41, 5.74) is 2.21. The highest BCUT2D eigenvalue weighted by molar-refractivity contribution is 5.67. The molecule has 1 unspecified atom stereocenters. The second-order valence-electron chi connectivity index (χ2n) is 5.65. The Morgan fingerprint density at radius 1 is 1.00 bits per heavy atom. The average Bonchev–Trinajstić information content (AvgIpc) is 2.56. The van der Waals surface area contributed by atoms with Crippen molar-refractivity contribution in [3.63, 3.8) is 0 Å². The van der Waals surface area contributed by atoms with Crippen molar-refractivity contribution in [1.29, 1.82) is 0 Å². The van der Waals surface area contributed by atoms with Crippen LogP contribution in [0.1, 0.15) is 11.1 Å². The fourth-order valence-electron chi connectivity index (χ4n) is 2.48. The van der Waals surface area contributed by atoms with Crippen LogP contribution in [0.15, 0.2) is 60.7 Å². The molecule has 24 heavy (non-hydrogen) atoms. The van der Waals surface area contributed by atoms with Gasteiger partial charge >= 0.3 is 5.97 Å². The normalized spacial score (nSPS) is 12.2. The van der Waals surface area contributed by atoms with E-state index < -0.39 is 18.7 Å². The maximum absolute atomic E-state index is 14.1. The minimum absolute atomic E-state index is 0.184. The van der Waals surface area contributed by atoms with E-state index in [2.05, 4.69) is 0 Å². The zero-order chi connectivity index (χ0) is 17.2. The number of hydrogen-bond donors (Lipinski definition) is 1. The molecule has 0 aromatic heterocycles. The molecular formula is C19H22FNO3. The maximum Gasteiger partial charge on any atom is 0.329 e. The molecule has 1 N–H and O–H groups in total. The average molecular weight is 331 g/mol. The first kappa shape index (κ1) is 18.1. The van der Waals surface area contributed by atoms with Gasteiger partial charge in [-0.05, 0) is 11.1 Å². The third-order valence-electron chi connectivity index (χ3n) is 3.48. The van der Waals surface area contributed by atoms with Crippen LogP contribution in [0, 0.1) is 0 Å². The molecule has 0 saturated heterocycles. The van der Waals surface area contributed by atoms with Crippen molar-refractivity contribution >= 4 is 5.97 Å². The molecular weight excluding hydrogens is 309 g/mol. The first-order chi connectivity index (χ1) is 11.6. The number of nitrogens with zero attached hydrogens (tertiary/aromatic N) is 1. The van der Waals surface area contributed by atoms with Gasteiger partial charge < -0.3 is 9.84 Å². The lowest BCUT2D eigenvalue weighted by atomic mass is 10.1. The smallest absolute Gasteiger partial charge is 0.329 e. The Hall–Kier alpha value is -2.24. The van der Waals surface area contributed by atoms with Crippen molar-refractivity contribution < 1.29 is 19.0 Å². The zero-order valence-corrected chi connectivity index (χ0v) is 13.5. The lowest BCUT2D eigenvalue weighted by Crippen LogP contribution is -2.32. The van der Waals surface area contributed by atoms with Gasteiger partial charge in [0.2, 0.25) is 0 Å². The third kappa shape index (κ3) is 6.89. The SMILES string of the molecule is O=C(O)COCC(F)CN(Cc1ccccc1)Cc1ccccc1. The molecule has 4 nitrogen and oxygen atoms in total. The number of aliphatic carboxylic acids is 1. The van der Waals surface area contributed by atoms with Crippen molar-refractivity contribution in [1.82, 2.24) is 4.90 Å². The standard InChI is InChI=1S/C19H22FNO3/c20-18(14-24-15-19(22)23)13-21(11-16-7-3-1-4-8-16)12-17-9-5-2-6-10-17/h1-10,18H,11-15H2,(H,22,23). The van der Waals surface area contributed by atoms with Crippen molar-refractivity contribution in [2.45, 2.75) is 19.3 Å². The van der Waals surface area contributed by atoms with Gasteiger partial charge in [0, 0.05) is 19.6 Å². The van der Waals surface area contributed by atoms with Crippen LogP contribution in [0.4, 0.5) is 4.39 Å². The maximum atomic E-state index is 14.1. The summed E-state index contributed by atoms with van der Waals surface area (Å²) in [6.07, 6.45) is -1.24. The van der Waals surface area contributed by atoms with Crippen LogP contribution in [0.2, 0.25) is 0 Å². The van der Waals surface area contributed by atoms with E-state index >= 15 is 0 Å². The Balaban J connectivity index is 1.95. The Kier molecular flexibility index (Phi) is 7.39. The predicted octanol–water partition coefficient (Wildman–Crippen LogP) is 3.13. The number of hydrogen-bond acceptors (Lipinski definition) is 3. The lowest BCUT2D eigenvalue weighted by Gasteiger charge is -2.24. The summed E-state index contributed by atoms with van der Waals surface area (Å²) in [5.74, 6) is -1.09. The monoisotopic (exact) mass is 331 g/mol. The molecule has 0 bridgehead atoms. The summed E-state index contributed by atoms with van der Waals surface area (Å²) in [7, 11) is 0. The summed E-state index contributed by atoms with van der Waals surface area (Å²) in [5, 5.41) is 8.54. The highest BCUT2D eigenvalue weighted by Gasteiger charge is 2.15. The van der Waals surface area contributed by atoms with E-state index in [0.29, 0.717) is 13.1 Å². The Labute approximate surface area is 141 Å². The first-order valence-electron chi connectivity index (χ1n) is 7.87. The van der Waals surface area contributed by atoms with E-state index in [1.54, 1.807) is 0 Å². The first-order valence-corrected chi connectivity index (χ1v) is 7.87. The number of carboxylic acid groups (broad SMARTS) is 1. The molecule has 2 aromatic rings. The number of benzene rings is 2. The molecule has 2 aromatic carbocycles. The van der Waals surface area contributed by atoms with Gasteiger partial charge in [0.05, 0.1) is 6.61 Å². The van der Waals surface area contributed by atoms with Crippen molar-refractivity contribution in [2.24, 2.45) is 0 Å². The molecule has 128 valence electrons. The minimum Gasteiger partial charge on any atom is -0.480 e. The molecule has 0 fully saturated rings. The molecule has 0 aliphatic rings. The topological polar surface area (TPSA) is 49.8 Å². The molecule has 5 heteroatoms. The highest BCUT2D eigenvalue weighted by Crippen LogP contribution is 2.11. The second-order valence-corrected chi connectivity index (χ2v) is 5.65. The van der Waals surface area contributed by atoms with Gasteiger partial charge in [0.25, 0.3) is 0 Å². The van der Waals surface area contributed by atoms with Crippen LogP contribution >= 0.6 is 0 Å². The summed E-state index contributed by atoms with van der Waals surface area (Å²) < 4.78 is 19.0.